The fourth-order valence-electron chi connectivity index (χ4n) is 2.39. The van der Waals surface area contributed by atoms with Crippen LogP contribution >= 0.6 is 24.8 Å². The van der Waals surface area contributed by atoms with Crippen molar-refractivity contribution in [2.45, 2.75) is 34.1 Å². The van der Waals surface area contributed by atoms with Crippen LogP contribution in [0.25, 0.3) is 0 Å². The van der Waals surface area contributed by atoms with Gasteiger partial charge >= 0.3 is 0 Å². The summed E-state index contributed by atoms with van der Waals surface area (Å²) in [7, 11) is 0. The number of carbonyl (C=O) groups excluding carboxylic acids is 2. The molecule has 1 atom stereocenters. The third-order valence-corrected chi connectivity index (χ3v) is 4.15. The molecule has 2 rings (SSSR count). The normalized spacial score (nSPS) is 19.6. The van der Waals surface area contributed by atoms with Crippen molar-refractivity contribution in [3.8, 4) is 0 Å². The monoisotopic (exact) mass is 391 g/mol. The van der Waals surface area contributed by atoms with Crippen LogP contribution in [0.15, 0.2) is 12.4 Å². The second-order valence-electron chi connectivity index (χ2n) is 7.45. The van der Waals surface area contributed by atoms with Gasteiger partial charge in [-0.1, -0.05) is 27.7 Å². The molecule has 2 heterocycles. The zero-order valence-corrected chi connectivity index (χ0v) is 16.7. The molecular weight excluding hydrogens is 365 g/mol. The van der Waals surface area contributed by atoms with Gasteiger partial charge in [0.2, 0.25) is 5.91 Å². The summed E-state index contributed by atoms with van der Waals surface area (Å²) in [6.45, 7) is 9.22. The summed E-state index contributed by atoms with van der Waals surface area (Å²) in [5.74, 6) is -0.224. The highest BCUT2D eigenvalue weighted by atomic mass is 35.5. The molecule has 1 aromatic heterocycles. The molecule has 0 aliphatic carbocycles. The van der Waals surface area contributed by atoms with Gasteiger partial charge in [-0.05, 0) is 18.4 Å². The van der Waals surface area contributed by atoms with Crippen LogP contribution in [0.1, 0.15) is 44.6 Å². The third kappa shape index (κ3) is 5.52. The Kier molecular flexibility index (Phi) is 8.27. The lowest BCUT2D eigenvalue weighted by Gasteiger charge is -2.23. The van der Waals surface area contributed by atoms with Gasteiger partial charge in [0, 0.05) is 30.9 Å². The SMILES string of the molecule is CC1(CN)CCN(C(=O)c2nccnc2NC(=O)C(C)(C)C)C1.Cl.Cl. The number of rotatable bonds is 3. The minimum absolute atomic E-state index is 0. The van der Waals surface area contributed by atoms with Crippen molar-refractivity contribution in [1.82, 2.24) is 14.9 Å². The van der Waals surface area contributed by atoms with Crippen molar-refractivity contribution < 1.29 is 9.59 Å². The van der Waals surface area contributed by atoms with E-state index in [1.165, 1.54) is 12.4 Å². The molecule has 142 valence electrons. The summed E-state index contributed by atoms with van der Waals surface area (Å²) in [5, 5.41) is 2.70. The second-order valence-corrected chi connectivity index (χ2v) is 7.45. The number of amides is 2. The van der Waals surface area contributed by atoms with Crippen LogP contribution in [0.4, 0.5) is 5.82 Å². The highest BCUT2D eigenvalue weighted by Gasteiger charge is 2.36. The van der Waals surface area contributed by atoms with Crippen molar-refractivity contribution in [1.29, 1.82) is 0 Å². The Bertz CT molecular complexity index is 621. The molecular formula is C16H27Cl2N5O2. The van der Waals surface area contributed by atoms with E-state index in [-0.39, 0.29) is 53.6 Å². The van der Waals surface area contributed by atoms with E-state index in [2.05, 4.69) is 22.2 Å². The van der Waals surface area contributed by atoms with E-state index in [1.54, 1.807) is 25.7 Å². The lowest BCUT2D eigenvalue weighted by Crippen LogP contribution is -2.36. The van der Waals surface area contributed by atoms with Gasteiger partial charge in [-0.3, -0.25) is 9.59 Å². The van der Waals surface area contributed by atoms with Gasteiger partial charge in [0.05, 0.1) is 0 Å². The van der Waals surface area contributed by atoms with Gasteiger partial charge in [0.1, 0.15) is 0 Å². The molecule has 1 unspecified atom stereocenters. The number of hydrogen-bond donors (Lipinski definition) is 2. The van der Waals surface area contributed by atoms with E-state index in [9.17, 15) is 9.59 Å². The predicted octanol–water partition coefficient (Wildman–Crippen LogP) is 2.12. The fraction of sp³-hybridized carbons (Fsp3) is 0.625. The minimum Gasteiger partial charge on any atom is -0.337 e. The number of likely N-dealkylation sites (tertiary alicyclic amines) is 1. The average Bonchev–Trinajstić information content (AvgIpc) is 2.89. The predicted molar refractivity (Wildman–Crippen MR) is 102 cm³/mol. The first-order chi connectivity index (χ1) is 10.7. The molecule has 2 amide bonds. The van der Waals surface area contributed by atoms with Crippen molar-refractivity contribution in [3.63, 3.8) is 0 Å². The zero-order valence-electron chi connectivity index (χ0n) is 15.0. The molecule has 0 bridgehead atoms. The number of nitrogens with one attached hydrogen (secondary N) is 1. The van der Waals surface area contributed by atoms with Crippen LogP contribution in [0.5, 0.6) is 0 Å². The van der Waals surface area contributed by atoms with Crippen molar-refractivity contribution >= 4 is 42.4 Å². The van der Waals surface area contributed by atoms with E-state index in [4.69, 9.17) is 5.73 Å². The Morgan fingerprint density at radius 3 is 2.40 bits per heavy atom. The molecule has 3 N–H and O–H groups in total. The highest BCUT2D eigenvalue weighted by Crippen LogP contribution is 2.30. The number of anilines is 1. The van der Waals surface area contributed by atoms with E-state index < -0.39 is 5.41 Å². The lowest BCUT2D eigenvalue weighted by molar-refractivity contribution is -0.123. The van der Waals surface area contributed by atoms with Gasteiger partial charge in [-0.2, -0.15) is 0 Å². The lowest BCUT2D eigenvalue weighted by atomic mass is 9.90. The van der Waals surface area contributed by atoms with Crippen LogP contribution in [-0.2, 0) is 4.79 Å². The summed E-state index contributed by atoms with van der Waals surface area (Å²) in [4.78, 5) is 34.9. The standard InChI is InChI=1S/C16H25N5O2.2ClH/c1-15(2,3)14(23)20-12-11(18-6-7-19-12)13(22)21-8-5-16(4,9-17)10-21;;/h6-7H,5,8-10,17H2,1-4H3,(H,19,20,23);2*1H. The first-order valence-electron chi connectivity index (χ1n) is 7.78. The summed E-state index contributed by atoms with van der Waals surface area (Å²) >= 11 is 0. The van der Waals surface area contributed by atoms with Crippen molar-refractivity contribution in [3.05, 3.63) is 18.1 Å². The minimum atomic E-state index is -0.580. The molecule has 1 aliphatic heterocycles. The van der Waals surface area contributed by atoms with E-state index >= 15 is 0 Å². The van der Waals surface area contributed by atoms with Gasteiger partial charge in [-0.25, -0.2) is 9.97 Å². The largest absolute Gasteiger partial charge is 0.337 e. The molecule has 7 nitrogen and oxygen atoms in total. The van der Waals surface area contributed by atoms with E-state index in [0.717, 1.165) is 6.42 Å². The van der Waals surface area contributed by atoms with Crippen molar-refractivity contribution in [2.24, 2.45) is 16.6 Å². The number of halogens is 2. The first kappa shape index (κ1) is 23.6. The molecule has 0 aromatic carbocycles. The average molecular weight is 392 g/mol. The molecule has 1 saturated heterocycles. The van der Waals surface area contributed by atoms with Crippen LogP contribution in [0, 0.1) is 10.8 Å². The maximum absolute atomic E-state index is 12.7. The topological polar surface area (TPSA) is 101 Å². The number of hydrogen-bond acceptors (Lipinski definition) is 5. The quantitative estimate of drug-likeness (QED) is 0.821. The van der Waals surface area contributed by atoms with E-state index in [1.807, 2.05) is 0 Å². The van der Waals surface area contributed by atoms with Gasteiger partial charge in [0.15, 0.2) is 11.5 Å². The molecule has 0 radical (unpaired) electrons. The Balaban J connectivity index is 0.00000288. The summed E-state index contributed by atoms with van der Waals surface area (Å²) in [6.07, 6.45) is 3.78. The molecule has 9 heteroatoms. The molecule has 0 spiro atoms. The Labute approximate surface area is 161 Å². The van der Waals surface area contributed by atoms with Gasteiger partial charge in [-0.15, -0.1) is 24.8 Å². The fourth-order valence-corrected chi connectivity index (χ4v) is 2.39. The third-order valence-electron chi connectivity index (χ3n) is 4.15. The van der Waals surface area contributed by atoms with Crippen molar-refractivity contribution in [2.75, 3.05) is 25.0 Å². The van der Waals surface area contributed by atoms with Gasteiger partial charge in [0.25, 0.3) is 5.91 Å². The van der Waals surface area contributed by atoms with Crippen LogP contribution in [0.3, 0.4) is 0 Å². The summed E-state index contributed by atoms with van der Waals surface area (Å²) < 4.78 is 0. The Hall–Kier alpha value is -1.44. The Morgan fingerprint density at radius 1 is 1.28 bits per heavy atom. The van der Waals surface area contributed by atoms with Gasteiger partial charge < -0.3 is 16.0 Å². The highest BCUT2D eigenvalue weighted by molar-refractivity contribution is 6.02. The number of nitrogens with zero attached hydrogens (tertiary/aromatic N) is 3. The number of carbonyl (C=O) groups is 2. The smallest absolute Gasteiger partial charge is 0.276 e. The molecule has 1 aliphatic rings. The van der Waals surface area contributed by atoms with E-state index in [0.29, 0.717) is 19.6 Å². The molecule has 0 saturated carbocycles. The first-order valence-corrected chi connectivity index (χ1v) is 7.78. The molecule has 1 fully saturated rings. The zero-order chi connectivity index (χ0) is 17.3. The van der Waals surface area contributed by atoms with Crippen LogP contribution in [0.2, 0.25) is 0 Å². The molecule has 1 aromatic rings. The molecule has 25 heavy (non-hydrogen) atoms. The maximum atomic E-state index is 12.7. The van der Waals surface area contributed by atoms with Crippen LogP contribution in [-0.4, -0.2) is 46.3 Å². The summed E-state index contributed by atoms with van der Waals surface area (Å²) in [6, 6.07) is 0. The number of aromatic nitrogens is 2. The number of nitrogens with two attached hydrogens (primary N) is 1. The second kappa shape index (κ2) is 8.78. The summed E-state index contributed by atoms with van der Waals surface area (Å²) in [5.41, 5.74) is 5.32. The Morgan fingerprint density at radius 2 is 1.88 bits per heavy atom. The van der Waals surface area contributed by atoms with Crippen LogP contribution < -0.4 is 11.1 Å². The maximum Gasteiger partial charge on any atom is 0.276 e.